The molecular weight excluding hydrogens is 260 g/mol. The molecule has 0 spiro atoms. The molecular formula is C14H20N2O2S. The Bertz CT molecular complexity index is 531. The summed E-state index contributed by atoms with van der Waals surface area (Å²) in [5.74, 6) is 0.636. The van der Waals surface area contributed by atoms with E-state index < -0.39 is 10.0 Å². The van der Waals surface area contributed by atoms with Crippen LogP contribution in [0.3, 0.4) is 0 Å². The molecule has 1 aromatic carbocycles. The van der Waals surface area contributed by atoms with Crippen molar-refractivity contribution < 1.29 is 8.42 Å². The summed E-state index contributed by atoms with van der Waals surface area (Å²) in [4.78, 5) is 0. The van der Waals surface area contributed by atoms with Crippen LogP contribution in [0.2, 0.25) is 0 Å². The molecule has 2 N–H and O–H groups in total. The Morgan fingerprint density at radius 2 is 1.74 bits per heavy atom. The number of anilines is 1. The summed E-state index contributed by atoms with van der Waals surface area (Å²) in [7, 11) is -3.17. The SMILES string of the molecule is O=S(=O)(CC1CC1)Nc1ccc(CNC2CC2)cc1. The molecule has 0 unspecified atom stereocenters. The molecule has 3 rings (SSSR count). The number of sulfonamides is 1. The minimum absolute atomic E-state index is 0.262. The minimum Gasteiger partial charge on any atom is -0.310 e. The quantitative estimate of drug-likeness (QED) is 0.804. The molecule has 0 aromatic heterocycles. The van der Waals surface area contributed by atoms with Crippen LogP contribution in [-0.4, -0.2) is 20.2 Å². The van der Waals surface area contributed by atoms with Crippen molar-refractivity contribution in [3.05, 3.63) is 29.8 Å². The van der Waals surface area contributed by atoms with E-state index in [0.717, 1.165) is 19.4 Å². The van der Waals surface area contributed by atoms with Gasteiger partial charge in [0.15, 0.2) is 0 Å². The van der Waals surface area contributed by atoms with Gasteiger partial charge in [-0.3, -0.25) is 4.72 Å². The highest BCUT2D eigenvalue weighted by atomic mass is 32.2. The van der Waals surface area contributed by atoms with E-state index >= 15 is 0 Å². The van der Waals surface area contributed by atoms with E-state index in [1.807, 2.05) is 24.3 Å². The van der Waals surface area contributed by atoms with Gasteiger partial charge in [-0.05, 0) is 49.3 Å². The molecule has 2 aliphatic rings. The van der Waals surface area contributed by atoms with Gasteiger partial charge in [-0.15, -0.1) is 0 Å². The van der Waals surface area contributed by atoms with Crippen molar-refractivity contribution in [2.24, 2.45) is 5.92 Å². The average molecular weight is 280 g/mol. The highest BCUT2D eigenvalue weighted by molar-refractivity contribution is 7.92. The van der Waals surface area contributed by atoms with Crippen molar-refractivity contribution in [2.75, 3.05) is 10.5 Å². The lowest BCUT2D eigenvalue weighted by molar-refractivity contribution is 0.597. The third kappa shape index (κ3) is 4.21. The molecule has 19 heavy (non-hydrogen) atoms. The Balaban J connectivity index is 1.55. The van der Waals surface area contributed by atoms with Crippen LogP contribution < -0.4 is 10.0 Å². The number of benzene rings is 1. The van der Waals surface area contributed by atoms with Crippen LogP contribution in [0, 0.1) is 5.92 Å². The Morgan fingerprint density at radius 3 is 2.32 bits per heavy atom. The first-order valence-electron chi connectivity index (χ1n) is 6.93. The molecule has 0 radical (unpaired) electrons. The fourth-order valence-electron chi connectivity index (χ4n) is 2.06. The van der Waals surface area contributed by atoms with Gasteiger partial charge < -0.3 is 5.32 Å². The minimum atomic E-state index is -3.17. The summed E-state index contributed by atoms with van der Waals surface area (Å²) in [6, 6.07) is 8.33. The van der Waals surface area contributed by atoms with Gasteiger partial charge in [0, 0.05) is 18.3 Å². The maximum absolute atomic E-state index is 11.8. The van der Waals surface area contributed by atoms with Gasteiger partial charge in [0.25, 0.3) is 0 Å². The largest absolute Gasteiger partial charge is 0.310 e. The first-order chi connectivity index (χ1) is 9.11. The Labute approximate surface area is 114 Å². The summed E-state index contributed by atoms with van der Waals surface area (Å²) < 4.78 is 26.3. The summed E-state index contributed by atoms with van der Waals surface area (Å²) in [6.07, 6.45) is 4.65. The molecule has 0 heterocycles. The van der Waals surface area contributed by atoms with E-state index in [0.29, 0.717) is 17.6 Å². The van der Waals surface area contributed by atoms with Gasteiger partial charge in [0.2, 0.25) is 10.0 Å². The van der Waals surface area contributed by atoms with Gasteiger partial charge in [0.05, 0.1) is 5.75 Å². The molecule has 0 atom stereocenters. The molecule has 0 saturated heterocycles. The van der Waals surface area contributed by atoms with Crippen molar-refractivity contribution >= 4 is 15.7 Å². The van der Waals surface area contributed by atoms with Crippen LogP contribution in [0.4, 0.5) is 5.69 Å². The lowest BCUT2D eigenvalue weighted by atomic mass is 10.2. The number of nitrogens with one attached hydrogen (secondary N) is 2. The zero-order valence-electron chi connectivity index (χ0n) is 10.9. The van der Waals surface area contributed by atoms with Crippen LogP contribution in [0.15, 0.2) is 24.3 Å². The number of hydrogen-bond acceptors (Lipinski definition) is 3. The predicted octanol–water partition coefficient (Wildman–Crippen LogP) is 2.09. The van der Waals surface area contributed by atoms with Gasteiger partial charge in [-0.25, -0.2) is 8.42 Å². The summed E-state index contributed by atoms with van der Waals surface area (Å²) in [5, 5.41) is 3.44. The van der Waals surface area contributed by atoms with E-state index in [4.69, 9.17) is 0 Å². The summed E-state index contributed by atoms with van der Waals surface area (Å²) >= 11 is 0. The fourth-order valence-corrected chi connectivity index (χ4v) is 3.59. The van der Waals surface area contributed by atoms with E-state index in [1.165, 1.54) is 18.4 Å². The van der Waals surface area contributed by atoms with Crippen molar-refractivity contribution in [3.63, 3.8) is 0 Å². The summed E-state index contributed by atoms with van der Waals surface area (Å²) in [5.41, 5.74) is 1.85. The molecule has 2 saturated carbocycles. The maximum atomic E-state index is 11.8. The number of rotatable bonds is 7. The van der Waals surface area contributed by atoms with Crippen molar-refractivity contribution in [3.8, 4) is 0 Å². The van der Waals surface area contributed by atoms with Crippen LogP contribution >= 0.6 is 0 Å². The van der Waals surface area contributed by atoms with Crippen LogP contribution in [0.5, 0.6) is 0 Å². The zero-order valence-corrected chi connectivity index (χ0v) is 11.7. The second kappa shape index (κ2) is 5.13. The summed E-state index contributed by atoms with van der Waals surface area (Å²) in [6.45, 7) is 0.861. The van der Waals surface area contributed by atoms with E-state index in [2.05, 4.69) is 10.0 Å². The first-order valence-corrected chi connectivity index (χ1v) is 8.59. The Hall–Kier alpha value is -1.07. The molecule has 0 bridgehead atoms. The van der Waals surface area contributed by atoms with E-state index in [-0.39, 0.29) is 5.75 Å². The standard InChI is InChI=1S/C14H20N2O2S/c17-19(18,10-12-1-2-12)16-14-5-3-11(4-6-14)9-15-13-7-8-13/h3-6,12-13,15-16H,1-2,7-10H2. The lowest BCUT2D eigenvalue weighted by Gasteiger charge is -2.08. The van der Waals surface area contributed by atoms with Gasteiger partial charge >= 0.3 is 0 Å². The third-order valence-electron chi connectivity index (χ3n) is 3.55. The third-order valence-corrected chi connectivity index (χ3v) is 5.01. The Morgan fingerprint density at radius 1 is 1.05 bits per heavy atom. The molecule has 5 heteroatoms. The molecule has 2 fully saturated rings. The predicted molar refractivity (Wildman–Crippen MR) is 76.4 cm³/mol. The van der Waals surface area contributed by atoms with E-state index in [9.17, 15) is 8.42 Å². The second-order valence-electron chi connectivity index (χ2n) is 5.68. The van der Waals surface area contributed by atoms with Gasteiger partial charge in [-0.1, -0.05) is 12.1 Å². The second-order valence-corrected chi connectivity index (χ2v) is 7.45. The lowest BCUT2D eigenvalue weighted by Crippen LogP contribution is -2.18. The zero-order chi connectivity index (χ0) is 13.3. The molecule has 104 valence electrons. The molecule has 4 nitrogen and oxygen atoms in total. The van der Waals surface area contributed by atoms with Crippen molar-refractivity contribution in [1.29, 1.82) is 0 Å². The molecule has 1 aromatic rings. The van der Waals surface area contributed by atoms with Crippen molar-refractivity contribution in [1.82, 2.24) is 5.32 Å². The smallest absolute Gasteiger partial charge is 0.232 e. The van der Waals surface area contributed by atoms with Crippen LogP contribution in [0.1, 0.15) is 31.2 Å². The van der Waals surface area contributed by atoms with Gasteiger partial charge in [-0.2, -0.15) is 0 Å². The normalized spacial score (nSPS) is 19.4. The highest BCUT2D eigenvalue weighted by Gasteiger charge is 2.27. The Kier molecular flexibility index (Phi) is 3.50. The monoisotopic (exact) mass is 280 g/mol. The fraction of sp³-hybridized carbons (Fsp3) is 0.571. The molecule has 2 aliphatic carbocycles. The highest BCUT2D eigenvalue weighted by Crippen LogP contribution is 2.30. The number of hydrogen-bond donors (Lipinski definition) is 2. The molecule has 0 amide bonds. The van der Waals surface area contributed by atoms with Crippen LogP contribution in [0.25, 0.3) is 0 Å². The first kappa shape index (κ1) is 12.9. The van der Waals surface area contributed by atoms with Crippen molar-refractivity contribution in [2.45, 2.75) is 38.3 Å². The van der Waals surface area contributed by atoms with Gasteiger partial charge in [0.1, 0.15) is 0 Å². The molecule has 0 aliphatic heterocycles. The van der Waals surface area contributed by atoms with E-state index in [1.54, 1.807) is 0 Å². The maximum Gasteiger partial charge on any atom is 0.232 e. The topological polar surface area (TPSA) is 58.2 Å². The average Bonchev–Trinajstić information content (AvgIpc) is 3.22. The van der Waals surface area contributed by atoms with Crippen LogP contribution in [-0.2, 0) is 16.6 Å².